The van der Waals surface area contributed by atoms with Crippen LogP contribution in [-0.4, -0.2) is 30.7 Å². The summed E-state index contributed by atoms with van der Waals surface area (Å²) in [6, 6.07) is 0. The van der Waals surface area contributed by atoms with Gasteiger partial charge in [0.25, 0.3) is 6.43 Å². The smallest absolute Gasteiger partial charge is 0.266 e. The molecule has 0 aromatic rings. The van der Waals surface area contributed by atoms with E-state index in [9.17, 15) is 8.78 Å². The molecule has 0 amide bonds. The van der Waals surface area contributed by atoms with Crippen molar-refractivity contribution in [1.82, 2.24) is 5.32 Å². The Kier molecular flexibility index (Phi) is 3.75. The molecular formula is C6H13F2NO. The predicted molar refractivity (Wildman–Crippen MR) is 35.2 cm³/mol. The van der Waals surface area contributed by atoms with Crippen molar-refractivity contribution < 1.29 is 13.9 Å². The Bertz CT molecular complexity index is 95.7. The quantitative estimate of drug-likeness (QED) is 0.620. The van der Waals surface area contributed by atoms with Crippen molar-refractivity contribution in [2.24, 2.45) is 0 Å². The van der Waals surface area contributed by atoms with Gasteiger partial charge in [0.1, 0.15) is 5.60 Å². The van der Waals surface area contributed by atoms with Crippen LogP contribution in [0.3, 0.4) is 0 Å². The van der Waals surface area contributed by atoms with E-state index in [4.69, 9.17) is 5.11 Å². The number of hydrogen-bond donors (Lipinski definition) is 2. The third kappa shape index (κ3) is 3.08. The summed E-state index contributed by atoms with van der Waals surface area (Å²) in [5.41, 5.74) is -1.84. The van der Waals surface area contributed by atoms with Gasteiger partial charge in [-0.15, -0.1) is 0 Å². The lowest BCUT2D eigenvalue weighted by atomic mass is 10.0. The number of aliphatic hydroxyl groups is 1. The Balaban J connectivity index is 3.63. The van der Waals surface area contributed by atoms with E-state index in [2.05, 4.69) is 5.32 Å². The Hall–Kier alpha value is -0.220. The summed E-state index contributed by atoms with van der Waals surface area (Å²) in [7, 11) is 1.65. The number of halogens is 2. The molecule has 0 heterocycles. The second-order valence-corrected chi connectivity index (χ2v) is 2.51. The van der Waals surface area contributed by atoms with Crippen molar-refractivity contribution in [2.45, 2.75) is 25.4 Å². The SMILES string of the molecule is CNCCC(C)(O)C(F)F. The first-order chi connectivity index (χ1) is 4.50. The highest BCUT2D eigenvalue weighted by atomic mass is 19.3. The predicted octanol–water partition coefficient (Wildman–Crippen LogP) is 0.612. The molecule has 0 aromatic carbocycles. The summed E-state index contributed by atoms with van der Waals surface area (Å²) < 4.78 is 23.7. The molecule has 0 aliphatic carbocycles. The number of alkyl halides is 2. The van der Waals surface area contributed by atoms with Crippen LogP contribution in [-0.2, 0) is 0 Å². The zero-order valence-electron chi connectivity index (χ0n) is 6.19. The molecule has 0 saturated heterocycles. The third-order valence-electron chi connectivity index (χ3n) is 1.35. The van der Waals surface area contributed by atoms with E-state index in [0.717, 1.165) is 6.92 Å². The maximum Gasteiger partial charge on any atom is 0.266 e. The van der Waals surface area contributed by atoms with Crippen LogP contribution in [0.4, 0.5) is 8.78 Å². The van der Waals surface area contributed by atoms with Crippen LogP contribution in [0.1, 0.15) is 13.3 Å². The fourth-order valence-electron chi connectivity index (χ4n) is 0.487. The standard InChI is InChI=1S/C6H13F2NO/c1-6(10,5(7)8)3-4-9-2/h5,9-10H,3-4H2,1-2H3. The lowest BCUT2D eigenvalue weighted by Gasteiger charge is -2.21. The van der Waals surface area contributed by atoms with Gasteiger partial charge in [0, 0.05) is 0 Å². The molecule has 0 saturated carbocycles. The lowest BCUT2D eigenvalue weighted by molar-refractivity contribution is -0.0868. The van der Waals surface area contributed by atoms with E-state index < -0.39 is 12.0 Å². The fraction of sp³-hybridized carbons (Fsp3) is 1.00. The molecule has 0 spiro atoms. The second kappa shape index (κ2) is 3.83. The number of nitrogens with one attached hydrogen (secondary N) is 1. The average Bonchev–Trinajstić information content (AvgIpc) is 1.84. The van der Waals surface area contributed by atoms with E-state index in [1.165, 1.54) is 0 Å². The molecule has 1 atom stereocenters. The van der Waals surface area contributed by atoms with E-state index >= 15 is 0 Å². The molecule has 0 aliphatic rings. The van der Waals surface area contributed by atoms with Crippen molar-refractivity contribution in [2.75, 3.05) is 13.6 Å². The van der Waals surface area contributed by atoms with Gasteiger partial charge in [0.2, 0.25) is 0 Å². The maximum atomic E-state index is 11.9. The van der Waals surface area contributed by atoms with Gasteiger partial charge < -0.3 is 10.4 Å². The monoisotopic (exact) mass is 153 g/mol. The van der Waals surface area contributed by atoms with Crippen molar-refractivity contribution in [3.05, 3.63) is 0 Å². The van der Waals surface area contributed by atoms with Crippen LogP contribution < -0.4 is 5.32 Å². The molecule has 2 N–H and O–H groups in total. The summed E-state index contributed by atoms with van der Waals surface area (Å²) in [5, 5.41) is 11.6. The zero-order chi connectivity index (χ0) is 8.20. The molecule has 10 heavy (non-hydrogen) atoms. The molecule has 4 heteroatoms. The minimum atomic E-state index is -2.67. The molecule has 0 fully saturated rings. The van der Waals surface area contributed by atoms with Crippen LogP contribution in [0.25, 0.3) is 0 Å². The van der Waals surface area contributed by atoms with Gasteiger partial charge in [0.15, 0.2) is 0 Å². The molecule has 1 unspecified atom stereocenters. The number of rotatable bonds is 4. The topological polar surface area (TPSA) is 32.3 Å². The van der Waals surface area contributed by atoms with Gasteiger partial charge in [-0.25, -0.2) is 8.78 Å². The lowest BCUT2D eigenvalue weighted by Crippen LogP contribution is -2.36. The summed E-state index contributed by atoms with van der Waals surface area (Å²) >= 11 is 0. The van der Waals surface area contributed by atoms with E-state index in [0.29, 0.717) is 6.54 Å². The summed E-state index contributed by atoms with van der Waals surface area (Å²) in [6.45, 7) is 1.53. The van der Waals surface area contributed by atoms with Crippen molar-refractivity contribution in [1.29, 1.82) is 0 Å². The second-order valence-electron chi connectivity index (χ2n) is 2.51. The fourth-order valence-corrected chi connectivity index (χ4v) is 0.487. The molecule has 0 bridgehead atoms. The summed E-state index contributed by atoms with van der Waals surface area (Å²) in [4.78, 5) is 0. The summed E-state index contributed by atoms with van der Waals surface area (Å²) in [6.07, 6.45) is -2.60. The van der Waals surface area contributed by atoms with Gasteiger partial charge >= 0.3 is 0 Å². The number of hydrogen-bond acceptors (Lipinski definition) is 2. The Morgan fingerprint density at radius 3 is 2.40 bits per heavy atom. The van der Waals surface area contributed by atoms with Crippen LogP contribution >= 0.6 is 0 Å². The average molecular weight is 153 g/mol. The van der Waals surface area contributed by atoms with Crippen molar-refractivity contribution in [3.8, 4) is 0 Å². The molecule has 0 aliphatic heterocycles. The van der Waals surface area contributed by atoms with E-state index in [-0.39, 0.29) is 6.42 Å². The van der Waals surface area contributed by atoms with E-state index in [1.54, 1.807) is 7.05 Å². The first-order valence-electron chi connectivity index (χ1n) is 3.16. The molecule has 0 radical (unpaired) electrons. The van der Waals surface area contributed by atoms with Gasteiger partial charge in [-0.05, 0) is 26.9 Å². The normalized spacial score (nSPS) is 17.4. The highest BCUT2D eigenvalue weighted by Crippen LogP contribution is 2.17. The Labute approximate surface area is 59.2 Å². The van der Waals surface area contributed by atoms with E-state index in [1.807, 2.05) is 0 Å². The maximum absolute atomic E-state index is 11.9. The zero-order valence-corrected chi connectivity index (χ0v) is 6.19. The molecular weight excluding hydrogens is 140 g/mol. The highest BCUT2D eigenvalue weighted by molar-refractivity contribution is 4.75. The van der Waals surface area contributed by atoms with Gasteiger partial charge in [-0.3, -0.25) is 0 Å². The van der Waals surface area contributed by atoms with Crippen molar-refractivity contribution in [3.63, 3.8) is 0 Å². The van der Waals surface area contributed by atoms with Crippen LogP contribution in [0.15, 0.2) is 0 Å². The highest BCUT2D eigenvalue weighted by Gasteiger charge is 2.30. The Morgan fingerprint density at radius 2 is 2.10 bits per heavy atom. The molecule has 0 rings (SSSR count). The minimum absolute atomic E-state index is 0.0706. The van der Waals surface area contributed by atoms with Crippen LogP contribution in [0.2, 0.25) is 0 Å². The third-order valence-corrected chi connectivity index (χ3v) is 1.35. The first kappa shape index (κ1) is 9.78. The molecule has 2 nitrogen and oxygen atoms in total. The van der Waals surface area contributed by atoms with Gasteiger partial charge in [-0.1, -0.05) is 0 Å². The van der Waals surface area contributed by atoms with Crippen LogP contribution in [0, 0.1) is 0 Å². The summed E-state index contributed by atoms with van der Waals surface area (Å²) in [5.74, 6) is 0. The Morgan fingerprint density at radius 1 is 1.60 bits per heavy atom. The molecule has 62 valence electrons. The van der Waals surface area contributed by atoms with Crippen LogP contribution in [0.5, 0.6) is 0 Å². The first-order valence-corrected chi connectivity index (χ1v) is 3.16. The van der Waals surface area contributed by atoms with Crippen molar-refractivity contribution >= 4 is 0 Å². The van der Waals surface area contributed by atoms with Gasteiger partial charge in [0.05, 0.1) is 0 Å². The largest absolute Gasteiger partial charge is 0.384 e. The minimum Gasteiger partial charge on any atom is -0.384 e. The van der Waals surface area contributed by atoms with Gasteiger partial charge in [-0.2, -0.15) is 0 Å². The molecule has 0 aromatic heterocycles.